The second-order valence-corrected chi connectivity index (χ2v) is 6.29. The van der Waals surface area contributed by atoms with Crippen LogP contribution in [0.15, 0.2) is 0 Å². The van der Waals surface area contributed by atoms with Crippen LogP contribution in [-0.2, 0) is 4.79 Å². The van der Waals surface area contributed by atoms with Gasteiger partial charge in [0.2, 0.25) is 5.91 Å². The van der Waals surface area contributed by atoms with E-state index in [1.807, 2.05) is 0 Å². The molecule has 3 N–H and O–H groups in total. The molecule has 2 fully saturated rings. The molecule has 0 radical (unpaired) electrons. The van der Waals surface area contributed by atoms with Crippen LogP contribution in [0.3, 0.4) is 0 Å². The molecule has 3 heteroatoms. The van der Waals surface area contributed by atoms with Gasteiger partial charge in [0, 0.05) is 12.6 Å². The fraction of sp³-hybridized carbons (Fsp3) is 0.929. The van der Waals surface area contributed by atoms with Crippen LogP contribution in [0.1, 0.15) is 58.3 Å². The smallest absolute Gasteiger partial charge is 0.224 e. The van der Waals surface area contributed by atoms with Crippen LogP contribution in [-0.4, -0.2) is 18.5 Å². The highest BCUT2D eigenvalue weighted by atomic mass is 16.1. The normalized spacial score (nSPS) is 32.4. The minimum absolute atomic E-state index is 0.0566. The molecule has 98 valence electrons. The number of hydrogen-bond acceptors (Lipinski definition) is 2. The fourth-order valence-corrected chi connectivity index (χ4v) is 3.05. The summed E-state index contributed by atoms with van der Waals surface area (Å²) in [4.78, 5) is 12.2. The highest BCUT2D eigenvalue weighted by molar-refractivity contribution is 5.79. The van der Waals surface area contributed by atoms with Gasteiger partial charge in [-0.05, 0) is 31.1 Å². The molecule has 0 heterocycles. The molecule has 0 aromatic rings. The van der Waals surface area contributed by atoms with E-state index in [9.17, 15) is 4.79 Å². The van der Waals surface area contributed by atoms with Crippen LogP contribution in [0.5, 0.6) is 0 Å². The lowest BCUT2D eigenvalue weighted by Crippen LogP contribution is -2.46. The summed E-state index contributed by atoms with van der Waals surface area (Å²) in [6, 6.07) is 0.0756. The molecule has 2 aliphatic rings. The highest BCUT2D eigenvalue weighted by Crippen LogP contribution is 2.39. The lowest BCUT2D eigenvalue weighted by Gasteiger charge is -2.38. The number of carbonyl (C=O) groups excluding carboxylic acids is 1. The Labute approximate surface area is 105 Å². The maximum Gasteiger partial charge on any atom is 0.224 e. The Kier molecular flexibility index (Phi) is 4.08. The molecule has 1 amide bonds. The van der Waals surface area contributed by atoms with Crippen LogP contribution in [0.4, 0.5) is 0 Å². The van der Waals surface area contributed by atoms with Crippen molar-refractivity contribution < 1.29 is 4.79 Å². The second-order valence-electron chi connectivity index (χ2n) is 6.29. The van der Waals surface area contributed by atoms with Crippen LogP contribution >= 0.6 is 0 Å². The van der Waals surface area contributed by atoms with E-state index < -0.39 is 0 Å². The quantitative estimate of drug-likeness (QED) is 0.741. The van der Waals surface area contributed by atoms with Gasteiger partial charge in [-0.25, -0.2) is 0 Å². The summed E-state index contributed by atoms with van der Waals surface area (Å²) in [7, 11) is 0. The molecule has 2 saturated carbocycles. The standard InChI is InChI=1S/C14H26N2O/c1-14(8-5-9-14)10-16-13(17)11-6-3-2-4-7-12(11)15/h11-12H,2-10,15H2,1H3,(H,16,17)/t11-,12+/m1/s1. The summed E-state index contributed by atoms with van der Waals surface area (Å²) in [6.45, 7) is 3.11. The molecule has 0 unspecified atom stereocenters. The van der Waals surface area contributed by atoms with Gasteiger partial charge in [0.25, 0.3) is 0 Å². The topological polar surface area (TPSA) is 55.1 Å². The molecule has 2 rings (SSSR count). The lowest BCUT2D eigenvalue weighted by molar-refractivity contribution is -0.126. The van der Waals surface area contributed by atoms with Crippen molar-refractivity contribution in [2.75, 3.05) is 6.54 Å². The Balaban J connectivity index is 1.81. The Morgan fingerprint density at radius 3 is 2.59 bits per heavy atom. The van der Waals surface area contributed by atoms with Crippen molar-refractivity contribution in [3.05, 3.63) is 0 Å². The summed E-state index contributed by atoms with van der Waals surface area (Å²) in [5.41, 5.74) is 6.47. The first-order valence-electron chi connectivity index (χ1n) is 7.14. The number of hydrogen-bond donors (Lipinski definition) is 2. The van der Waals surface area contributed by atoms with Gasteiger partial charge in [0.05, 0.1) is 5.92 Å². The number of nitrogens with one attached hydrogen (secondary N) is 1. The Hall–Kier alpha value is -0.570. The third-order valence-corrected chi connectivity index (χ3v) is 4.66. The van der Waals surface area contributed by atoms with Crippen LogP contribution in [0, 0.1) is 11.3 Å². The minimum Gasteiger partial charge on any atom is -0.355 e. The molecule has 0 spiro atoms. The lowest BCUT2D eigenvalue weighted by atomic mass is 9.70. The number of carbonyl (C=O) groups is 1. The average Bonchev–Trinajstić information content (AvgIpc) is 2.48. The molecule has 0 aromatic carbocycles. The molecule has 2 aliphatic carbocycles. The summed E-state index contributed by atoms with van der Waals surface area (Å²) >= 11 is 0. The molecule has 3 nitrogen and oxygen atoms in total. The zero-order valence-corrected chi connectivity index (χ0v) is 11.0. The SMILES string of the molecule is CC1(CNC(=O)[C@@H]2CCCCC[C@@H]2N)CCC1. The van der Waals surface area contributed by atoms with E-state index in [-0.39, 0.29) is 17.9 Å². The molecule has 0 aromatic heterocycles. The Bertz CT molecular complexity index is 273. The first-order valence-corrected chi connectivity index (χ1v) is 7.14. The number of nitrogens with two attached hydrogens (primary N) is 1. The van der Waals surface area contributed by atoms with E-state index in [0.29, 0.717) is 5.41 Å². The second kappa shape index (κ2) is 5.38. The average molecular weight is 238 g/mol. The molecule has 0 bridgehead atoms. The first-order chi connectivity index (χ1) is 8.11. The van der Waals surface area contributed by atoms with Gasteiger partial charge in [-0.15, -0.1) is 0 Å². The van der Waals surface area contributed by atoms with Gasteiger partial charge < -0.3 is 11.1 Å². The number of rotatable bonds is 3. The van der Waals surface area contributed by atoms with Crippen LogP contribution in [0.2, 0.25) is 0 Å². The van der Waals surface area contributed by atoms with Crippen molar-refractivity contribution in [3.63, 3.8) is 0 Å². The number of amides is 1. The summed E-state index contributed by atoms with van der Waals surface area (Å²) in [6.07, 6.45) is 9.38. The van der Waals surface area contributed by atoms with Crippen molar-refractivity contribution >= 4 is 5.91 Å². The summed E-state index contributed by atoms with van der Waals surface area (Å²) < 4.78 is 0. The van der Waals surface area contributed by atoms with E-state index in [4.69, 9.17) is 5.73 Å². The zero-order chi connectivity index (χ0) is 12.3. The molecular formula is C14H26N2O. The van der Waals surface area contributed by atoms with Gasteiger partial charge in [0.15, 0.2) is 0 Å². The Morgan fingerprint density at radius 1 is 1.24 bits per heavy atom. The predicted octanol–water partition coefficient (Wildman–Crippen LogP) is 2.20. The van der Waals surface area contributed by atoms with E-state index in [0.717, 1.165) is 25.8 Å². The van der Waals surface area contributed by atoms with Gasteiger partial charge in [-0.1, -0.05) is 32.6 Å². The van der Waals surface area contributed by atoms with Gasteiger partial charge in [-0.3, -0.25) is 4.79 Å². The monoisotopic (exact) mass is 238 g/mol. The van der Waals surface area contributed by atoms with E-state index in [2.05, 4.69) is 12.2 Å². The van der Waals surface area contributed by atoms with E-state index in [1.165, 1.54) is 32.1 Å². The van der Waals surface area contributed by atoms with Gasteiger partial charge in [0.1, 0.15) is 0 Å². The van der Waals surface area contributed by atoms with Crippen molar-refractivity contribution in [2.45, 2.75) is 64.3 Å². The van der Waals surface area contributed by atoms with E-state index >= 15 is 0 Å². The molecular weight excluding hydrogens is 212 g/mol. The van der Waals surface area contributed by atoms with Gasteiger partial charge >= 0.3 is 0 Å². The van der Waals surface area contributed by atoms with Crippen molar-refractivity contribution in [1.82, 2.24) is 5.32 Å². The van der Waals surface area contributed by atoms with E-state index in [1.54, 1.807) is 0 Å². The van der Waals surface area contributed by atoms with Crippen molar-refractivity contribution in [3.8, 4) is 0 Å². The molecule has 0 aliphatic heterocycles. The summed E-state index contributed by atoms with van der Waals surface area (Å²) in [5.74, 6) is 0.258. The third-order valence-electron chi connectivity index (χ3n) is 4.66. The maximum atomic E-state index is 12.2. The fourth-order valence-electron chi connectivity index (χ4n) is 3.05. The van der Waals surface area contributed by atoms with Crippen LogP contribution in [0.25, 0.3) is 0 Å². The maximum absolute atomic E-state index is 12.2. The van der Waals surface area contributed by atoms with Gasteiger partial charge in [-0.2, -0.15) is 0 Å². The van der Waals surface area contributed by atoms with Crippen LogP contribution < -0.4 is 11.1 Å². The third kappa shape index (κ3) is 3.21. The predicted molar refractivity (Wildman–Crippen MR) is 69.5 cm³/mol. The largest absolute Gasteiger partial charge is 0.355 e. The first kappa shape index (κ1) is 12.9. The minimum atomic E-state index is 0.0566. The molecule has 0 saturated heterocycles. The zero-order valence-electron chi connectivity index (χ0n) is 11.0. The summed E-state index contributed by atoms with van der Waals surface area (Å²) in [5, 5.41) is 3.13. The Morgan fingerprint density at radius 2 is 1.94 bits per heavy atom. The molecule has 2 atom stereocenters. The highest BCUT2D eigenvalue weighted by Gasteiger charge is 2.33. The van der Waals surface area contributed by atoms with Crippen molar-refractivity contribution in [2.24, 2.45) is 17.1 Å². The van der Waals surface area contributed by atoms with Crippen molar-refractivity contribution in [1.29, 1.82) is 0 Å². The molecule has 17 heavy (non-hydrogen) atoms.